The minimum Gasteiger partial charge on any atom is -0.493 e. The first-order valence-corrected chi connectivity index (χ1v) is 8.26. The van der Waals surface area contributed by atoms with E-state index in [9.17, 15) is 4.79 Å². The fraction of sp³-hybridized carbons (Fsp3) is 0.611. The Morgan fingerprint density at radius 2 is 1.69 bits per heavy atom. The molecule has 0 aliphatic carbocycles. The molecule has 0 spiro atoms. The fourth-order valence-electron chi connectivity index (χ4n) is 2.53. The molecule has 2 rings (SSSR count). The summed E-state index contributed by atoms with van der Waals surface area (Å²) >= 11 is 0. The molecule has 26 heavy (non-hydrogen) atoms. The van der Waals surface area contributed by atoms with E-state index in [0.29, 0.717) is 23.8 Å². The zero-order chi connectivity index (χ0) is 17.7. The maximum Gasteiger partial charge on any atom is 0.316 e. The van der Waals surface area contributed by atoms with Gasteiger partial charge in [-0.15, -0.1) is 24.8 Å². The highest BCUT2D eigenvalue weighted by Gasteiger charge is 2.28. The van der Waals surface area contributed by atoms with Crippen LogP contribution in [0.1, 0.15) is 26.3 Å². The van der Waals surface area contributed by atoms with Gasteiger partial charge in [0.25, 0.3) is 0 Å². The molecule has 0 atom stereocenters. The molecule has 0 amide bonds. The quantitative estimate of drug-likeness (QED) is 0.596. The number of carbonyl (C=O) groups is 1. The molecule has 6 nitrogen and oxygen atoms in total. The highest BCUT2D eigenvalue weighted by atomic mass is 35.5. The monoisotopic (exact) mass is 408 g/mol. The molecule has 1 aromatic carbocycles. The van der Waals surface area contributed by atoms with Crippen molar-refractivity contribution in [1.82, 2.24) is 10.2 Å². The molecule has 0 radical (unpaired) electrons. The summed E-state index contributed by atoms with van der Waals surface area (Å²) in [5.41, 5.74) is 0.326. The maximum absolute atomic E-state index is 12.4. The van der Waals surface area contributed by atoms with Crippen molar-refractivity contribution in [3.8, 4) is 17.2 Å². The first-order valence-electron chi connectivity index (χ1n) is 8.26. The van der Waals surface area contributed by atoms with Gasteiger partial charge in [0.05, 0.1) is 19.6 Å². The van der Waals surface area contributed by atoms with Gasteiger partial charge in [-0.3, -0.25) is 9.69 Å². The van der Waals surface area contributed by atoms with Crippen molar-refractivity contribution in [3.05, 3.63) is 17.7 Å². The minimum absolute atomic E-state index is 0. The number of hydrogen-bond donors (Lipinski definition) is 1. The molecule has 0 bridgehead atoms. The second-order valence-electron chi connectivity index (χ2n) is 6.95. The number of methoxy groups -OCH3 is 2. The molecular weight excluding hydrogens is 379 g/mol. The molecule has 1 fully saturated rings. The highest BCUT2D eigenvalue weighted by molar-refractivity contribution is 5.85. The van der Waals surface area contributed by atoms with Crippen LogP contribution < -0.4 is 19.5 Å². The molecule has 1 saturated heterocycles. The Morgan fingerprint density at radius 1 is 1.08 bits per heavy atom. The Hall–Kier alpha value is -1.21. The lowest BCUT2D eigenvalue weighted by Crippen LogP contribution is -2.43. The lowest BCUT2D eigenvalue weighted by molar-refractivity contribution is -0.143. The van der Waals surface area contributed by atoms with Crippen LogP contribution in [-0.4, -0.2) is 51.3 Å². The molecule has 150 valence electrons. The second-order valence-corrected chi connectivity index (χ2v) is 6.95. The zero-order valence-corrected chi connectivity index (χ0v) is 17.7. The third kappa shape index (κ3) is 6.20. The Morgan fingerprint density at radius 3 is 2.19 bits per heavy atom. The first kappa shape index (κ1) is 24.8. The van der Waals surface area contributed by atoms with Gasteiger partial charge in [0.15, 0.2) is 11.5 Å². The predicted molar refractivity (Wildman–Crippen MR) is 107 cm³/mol. The van der Waals surface area contributed by atoms with E-state index in [2.05, 4.69) is 10.2 Å². The largest absolute Gasteiger partial charge is 0.493 e. The van der Waals surface area contributed by atoms with Crippen molar-refractivity contribution < 1.29 is 19.0 Å². The van der Waals surface area contributed by atoms with E-state index in [1.807, 2.05) is 32.9 Å². The number of piperazine rings is 1. The summed E-state index contributed by atoms with van der Waals surface area (Å²) in [5, 5.41) is 3.34. The topological polar surface area (TPSA) is 60.0 Å². The number of rotatable bonds is 5. The molecule has 1 aromatic rings. The van der Waals surface area contributed by atoms with Crippen LogP contribution in [-0.2, 0) is 11.3 Å². The zero-order valence-electron chi connectivity index (χ0n) is 16.1. The Bertz CT molecular complexity index is 585. The number of ether oxygens (including phenoxy) is 3. The first-order chi connectivity index (χ1) is 11.4. The van der Waals surface area contributed by atoms with Crippen LogP contribution >= 0.6 is 24.8 Å². The van der Waals surface area contributed by atoms with Crippen LogP contribution in [0.4, 0.5) is 0 Å². The van der Waals surface area contributed by atoms with E-state index < -0.39 is 5.41 Å². The normalized spacial score (nSPS) is 14.7. The molecule has 1 aliphatic rings. The average Bonchev–Trinajstić information content (AvgIpc) is 2.56. The number of esters is 1. The standard InChI is InChI=1S/C18H28N2O4.2ClH/c1-18(2,3)17(21)24-15-13(12-20-10-8-19-9-11-20)6-7-14(22-4)16(15)23-5;;/h6-7,19H,8-12H2,1-5H3;2*1H. The lowest BCUT2D eigenvalue weighted by Gasteiger charge is -2.28. The van der Waals surface area contributed by atoms with Crippen LogP contribution in [0, 0.1) is 5.41 Å². The summed E-state index contributed by atoms with van der Waals surface area (Å²) in [6.45, 7) is 10.0. The average molecular weight is 409 g/mol. The Balaban J connectivity index is 0.00000312. The van der Waals surface area contributed by atoms with Gasteiger partial charge in [-0.2, -0.15) is 0 Å². The molecular formula is C18H30Cl2N2O4. The highest BCUT2D eigenvalue weighted by Crippen LogP contribution is 2.41. The number of nitrogens with zero attached hydrogens (tertiary/aromatic N) is 1. The Labute approximate surface area is 168 Å². The molecule has 0 aromatic heterocycles. The van der Waals surface area contributed by atoms with Gasteiger partial charge in [-0.1, -0.05) is 6.07 Å². The summed E-state index contributed by atoms with van der Waals surface area (Å²) in [6.07, 6.45) is 0. The number of benzene rings is 1. The van der Waals surface area contributed by atoms with Crippen LogP contribution in [0.3, 0.4) is 0 Å². The fourth-order valence-corrected chi connectivity index (χ4v) is 2.53. The van der Waals surface area contributed by atoms with Crippen molar-refractivity contribution in [1.29, 1.82) is 0 Å². The van der Waals surface area contributed by atoms with Gasteiger partial charge in [0, 0.05) is 38.3 Å². The van der Waals surface area contributed by atoms with E-state index in [-0.39, 0.29) is 30.8 Å². The SMILES string of the molecule is COc1ccc(CN2CCNCC2)c(OC(=O)C(C)(C)C)c1OC.Cl.Cl. The van der Waals surface area contributed by atoms with Gasteiger partial charge >= 0.3 is 5.97 Å². The van der Waals surface area contributed by atoms with Crippen molar-refractivity contribution in [2.75, 3.05) is 40.4 Å². The van der Waals surface area contributed by atoms with E-state index >= 15 is 0 Å². The molecule has 0 saturated carbocycles. The van der Waals surface area contributed by atoms with E-state index in [1.165, 1.54) is 0 Å². The number of hydrogen-bond acceptors (Lipinski definition) is 6. The lowest BCUT2D eigenvalue weighted by atomic mass is 9.97. The maximum atomic E-state index is 12.4. The summed E-state index contributed by atoms with van der Waals surface area (Å²) in [4.78, 5) is 14.7. The van der Waals surface area contributed by atoms with Crippen LogP contribution in [0.5, 0.6) is 17.2 Å². The van der Waals surface area contributed by atoms with Crippen molar-refractivity contribution in [2.45, 2.75) is 27.3 Å². The number of carbonyl (C=O) groups excluding carboxylic acids is 1. The summed E-state index contributed by atoms with van der Waals surface area (Å²) in [7, 11) is 3.13. The van der Waals surface area contributed by atoms with Crippen LogP contribution in [0.15, 0.2) is 12.1 Å². The third-order valence-corrected chi connectivity index (χ3v) is 3.99. The second kappa shape index (κ2) is 10.8. The van der Waals surface area contributed by atoms with Crippen molar-refractivity contribution in [3.63, 3.8) is 0 Å². The summed E-state index contributed by atoms with van der Waals surface area (Å²) < 4.78 is 16.6. The molecule has 1 N–H and O–H groups in total. The summed E-state index contributed by atoms with van der Waals surface area (Å²) in [6, 6.07) is 3.79. The van der Waals surface area contributed by atoms with Crippen LogP contribution in [0.25, 0.3) is 0 Å². The molecule has 1 heterocycles. The van der Waals surface area contributed by atoms with E-state index in [4.69, 9.17) is 14.2 Å². The smallest absolute Gasteiger partial charge is 0.316 e. The van der Waals surface area contributed by atoms with Crippen LogP contribution in [0.2, 0.25) is 0 Å². The van der Waals surface area contributed by atoms with Gasteiger partial charge in [0.2, 0.25) is 5.75 Å². The van der Waals surface area contributed by atoms with Crippen molar-refractivity contribution >= 4 is 30.8 Å². The molecule has 0 unspecified atom stereocenters. The third-order valence-electron chi connectivity index (χ3n) is 3.99. The number of halogens is 2. The van der Waals surface area contributed by atoms with Gasteiger partial charge in [-0.05, 0) is 26.8 Å². The summed E-state index contributed by atoms with van der Waals surface area (Å²) in [5.74, 6) is 1.17. The van der Waals surface area contributed by atoms with Gasteiger partial charge in [0.1, 0.15) is 0 Å². The molecule has 1 aliphatic heterocycles. The van der Waals surface area contributed by atoms with E-state index in [1.54, 1.807) is 14.2 Å². The Kier molecular flexibility index (Phi) is 10.3. The van der Waals surface area contributed by atoms with E-state index in [0.717, 1.165) is 31.7 Å². The van der Waals surface area contributed by atoms with Gasteiger partial charge in [-0.25, -0.2) is 0 Å². The number of nitrogens with one attached hydrogen (secondary N) is 1. The van der Waals surface area contributed by atoms with Crippen molar-refractivity contribution in [2.24, 2.45) is 5.41 Å². The predicted octanol–water partition coefficient (Wildman–Crippen LogP) is 2.90. The van der Waals surface area contributed by atoms with Gasteiger partial charge < -0.3 is 19.5 Å². The molecule has 8 heteroatoms. The minimum atomic E-state index is -0.597.